The molecule has 4 rings (SSSR count). The largest absolute Gasteiger partial charge is 0.461 e. The monoisotopic (exact) mass is 304 g/mol. The number of fused-ring (bicyclic) bond motifs is 2. The van der Waals surface area contributed by atoms with Crippen LogP contribution in [-0.2, 0) is 12.8 Å². The van der Waals surface area contributed by atoms with Crippen molar-refractivity contribution >= 4 is 21.9 Å². The average Bonchev–Trinajstić information content (AvgIpc) is 2.91. The molecule has 3 nitrogen and oxygen atoms in total. The van der Waals surface area contributed by atoms with E-state index in [1.54, 1.807) is 12.1 Å². The number of hydrogen-bond acceptors (Lipinski definition) is 3. The van der Waals surface area contributed by atoms with Gasteiger partial charge in [0.15, 0.2) is 5.43 Å². The Morgan fingerprint density at radius 1 is 0.870 bits per heavy atom. The van der Waals surface area contributed by atoms with Gasteiger partial charge >= 0.3 is 0 Å². The second-order valence-electron chi connectivity index (χ2n) is 5.81. The van der Waals surface area contributed by atoms with E-state index in [-0.39, 0.29) is 5.43 Å². The maximum atomic E-state index is 12.4. The molecule has 2 aromatic heterocycles. The molecule has 0 N–H and O–H groups in total. The summed E-state index contributed by atoms with van der Waals surface area (Å²) in [5, 5.41) is 1.52. The van der Waals surface area contributed by atoms with Crippen LogP contribution in [0.5, 0.6) is 0 Å². The van der Waals surface area contributed by atoms with E-state index in [0.717, 1.165) is 23.2 Å². The highest BCUT2D eigenvalue weighted by atomic mass is 16.3. The molecule has 0 unspecified atom stereocenters. The molecule has 23 heavy (non-hydrogen) atoms. The molecule has 0 bridgehead atoms. The van der Waals surface area contributed by atoms with Gasteiger partial charge in [0, 0.05) is 17.9 Å². The van der Waals surface area contributed by atoms with Gasteiger partial charge in [0.25, 0.3) is 0 Å². The Hall–Kier alpha value is -2.81. The first-order valence-electron chi connectivity index (χ1n) is 7.70. The minimum atomic E-state index is -0.0229. The Labute approximate surface area is 133 Å². The van der Waals surface area contributed by atoms with Crippen molar-refractivity contribution in [1.82, 2.24) is 0 Å². The Bertz CT molecular complexity index is 1040. The van der Waals surface area contributed by atoms with E-state index in [1.807, 2.05) is 37.3 Å². The van der Waals surface area contributed by atoms with Gasteiger partial charge in [0.1, 0.15) is 22.7 Å². The van der Waals surface area contributed by atoms with Crippen LogP contribution in [0.15, 0.2) is 68.2 Å². The number of rotatable bonds is 3. The molecule has 2 heterocycles. The van der Waals surface area contributed by atoms with Crippen molar-refractivity contribution in [3.63, 3.8) is 0 Å². The van der Waals surface area contributed by atoms with Gasteiger partial charge in [-0.25, -0.2) is 0 Å². The molecule has 0 saturated heterocycles. The lowest BCUT2D eigenvalue weighted by molar-refractivity contribution is 0.534. The van der Waals surface area contributed by atoms with Crippen molar-refractivity contribution in [1.29, 1.82) is 0 Å². The zero-order valence-electron chi connectivity index (χ0n) is 12.8. The van der Waals surface area contributed by atoms with Crippen molar-refractivity contribution < 1.29 is 8.83 Å². The summed E-state index contributed by atoms with van der Waals surface area (Å²) in [4.78, 5) is 12.4. The molecular weight excluding hydrogens is 288 g/mol. The second-order valence-corrected chi connectivity index (χ2v) is 5.81. The molecular formula is C20H16O3. The molecule has 0 spiro atoms. The Morgan fingerprint density at radius 3 is 2.52 bits per heavy atom. The number of furan rings is 1. The summed E-state index contributed by atoms with van der Waals surface area (Å²) in [6, 6.07) is 17.4. The highest BCUT2D eigenvalue weighted by molar-refractivity contribution is 5.93. The summed E-state index contributed by atoms with van der Waals surface area (Å²) in [5.74, 6) is 1.54. The molecule has 2 aromatic carbocycles. The van der Waals surface area contributed by atoms with Crippen LogP contribution in [0.3, 0.4) is 0 Å². The second kappa shape index (κ2) is 5.43. The zero-order chi connectivity index (χ0) is 15.8. The topological polar surface area (TPSA) is 43.4 Å². The maximum absolute atomic E-state index is 12.4. The zero-order valence-corrected chi connectivity index (χ0v) is 12.8. The van der Waals surface area contributed by atoms with Crippen LogP contribution < -0.4 is 5.43 Å². The van der Waals surface area contributed by atoms with Crippen molar-refractivity contribution in [3.8, 4) is 0 Å². The highest BCUT2D eigenvalue weighted by Gasteiger charge is 2.09. The van der Waals surface area contributed by atoms with Gasteiger partial charge in [-0.15, -0.1) is 0 Å². The van der Waals surface area contributed by atoms with Gasteiger partial charge in [-0.1, -0.05) is 30.3 Å². The molecule has 0 fully saturated rings. The lowest BCUT2D eigenvalue weighted by Crippen LogP contribution is -2.03. The van der Waals surface area contributed by atoms with E-state index in [4.69, 9.17) is 8.83 Å². The molecule has 0 aliphatic rings. The average molecular weight is 304 g/mol. The smallest absolute Gasteiger partial charge is 0.193 e. The van der Waals surface area contributed by atoms with E-state index in [1.165, 1.54) is 5.56 Å². The molecule has 0 radical (unpaired) electrons. The van der Waals surface area contributed by atoms with Crippen LogP contribution >= 0.6 is 0 Å². The quantitative estimate of drug-likeness (QED) is 0.554. The van der Waals surface area contributed by atoms with Gasteiger partial charge in [0.05, 0.1) is 5.39 Å². The van der Waals surface area contributed by atoms with Crippen molar-refractivity contribution in [2.75, 3.05) is 0 Å². The van der Waals surface area contributed by atoms with Gasteiger partial charge in [-0.05, 0) is 37.1 Å². The summed E-state index contributed by atoms with van der Waals surface area (Å²) in [6.07, 6.45) is 1.56. The Balaban J connectivity index is 1.73. The SMILES string of the molecule is Cc1cc2cc3oc(CCc4ccccc4)cc(=O)c3cc2o1. The lowest BCUT2D eigenvalue weighted by atomic mass is 10.1. The van der Waals surface area contributed by atoms with Gasteiger partial charge in [0.2, 0.25) is 0 Å². The first kappa shape index (κ1) is 13.8. The first-order chi connectivity index (χ1) is 11.2. The van der Waals surface area contributed by atoms with Gasteiger partial charge < -0.3 is 8.83 Å². The number of aryl methyl sites for hydroxylation is 3. The standard InChI is InChI=1S/C20H16O3/c1-13-9-15-10-20-17(12-19(15)22-13)18(21)11-16(23-20)8-7-14-5-3-2-4-6-14/h2-6,9-12H,7-8H2,1H3. The normalized spacial score (nSPS) is 11.3. The fourth-order valence-corrected chi connectivity index (χ4v) is 2.91. The molecule has 0 aliphatic heterocycles. The maximum Gasteiger partial charge on any atom is 0.193 e. The van der Waals surface area contributed by atoms with Crippen molar-refractivity contribution in [3.05, 3.63) is 81.9 Å². The van der Waals surface area contributed by atoms with Crippen molar-refractivity contribution in [2.24, 2.45) is 0 Å². The summed E-state index contributed by atoms with van der Waals surface area (Å²) in [7, 11) is 0. The van der Waals surface area contributed by atoms with Gasteiger partial charge in [-0.2, -0.15) is 0 Å². The van der Waals surface area contributed by atoms with Crippen molar-refractivity contribution in [2.45, 2.75) is 19.8 Å². The number of benzene rings is 2. The molecule has 0 aliphatic carbocycles. The van der Waals surface area contributed by atoms with Crippen LogP contribution in [0.2, 0.25) is 0 Å². The predicted octanol–water partition coefficient (Wildman–Crippen LogP) is 4.63. The molecule has 0 saturated carbocycles. The third-order valence-corrected chi connectivity index (χ3v) is 4.04. The van der Waals surface area contributed by atoms with E-state index in [2.05, 4.69) is 12.1 Å². The summed E-state index contributed by atoms with van der Waals surface area (Å²) < 4.78 is 11.5. The number of hydrogen-bond donors (Lipinski definition) is 0. The van der Waals surface area contributed by atoms with Crippen LogP contribution in [-0.4, -0.2) is 0 Å². The van der Waals surface area contributed by atoms with E-state index >= 15 is 0 Å². The third-order valence-electron chi connectivity index (χ3n) is 4.04. The molecule has 4 aromatic rings. The third kappa shape index (κ3) is 2.66. The summed E-state index contributed by atoms with van der Waals surface area (Å²) >= 11 is 0. The van der Waals surface area contributed by atoms with Crippen LogP contribution in [0.25, 0.3) is 21.9 Å². The molecule has 3 heteroatoms. The predicted molar refractivity (Wildman–Crippen MR) is 90.8 cm³/mol. The lowest BCUT2D eigenvalue weighted by Gasteiger charge is -2.03. The van der Waals surface area contributed by atoms with E-state index < -0.39 is 0 Å². The van der Waals surface area contributed by atoms with Crippen LogP contribution in [0.1, 0.15) is 17.1 Å². The Morgan fingerprint density at radius 2 is 1.70 bits per heavy atom. The summed E-state index contributed by atoms with van der Waals surface area (Å²) in [6.45, 7) is 1.89. The summed E-state index contributed by atoms with van der Waals surface area (Å²) in [5.41, 5.74) is 2.55. The van der Waals surface area contributed by atoms with E-state index in [9.17, 15) is 4.79 Å². The minimum absolute atomic E-state index is 0.0229. The fraction of sp³-hybridized carbons (Fsp3) is 0.150. The van der Waals surface area contributed by atoms with Gasteiger partial charge in [-0.3, -0.25) is 4.79 Å². The molecule has 0 atom stereocenters. The minimum Gasteiger partial charge on any atom is -0.461 e. The van der Waals surface area contributed by atoms with E-state index in [0.29, 0.717) is 23.2 Å². The van der Waals surface area contributed by atoms with Crippen LogP contribution in [0.4, 0.5) is 0 Å². The fourth-order valence-electron chi connectivity index (χ4n) is 2.91. The first-order valence-corrected chi connectivity index (χ1v) is 7.70. The highest BCUT2D eigenvalue weighted by Crippen LogP contribution is 2.24. The van der Waals surface area contributed by atoms with Crippen LogP contribution in [0, 0.1) is 6.92 Å². The Kier molecular flexibility index (Phi) is 3.27. The molecule has 0 amide bonds. The molecule has 114 valence electrons.